The Hall–Kier alpha value is -5.62. The third kappa shape index (κ3) is 6.72. The summed E-state index contributed by atoms with van der Waals surface area (Å²) in [5.41, 5.74) is -3.58. The van der Waals surface area contributed by atoms with E-state index in [0.29, 0.717) is 39.3 Å². The monoisotopic (exact) mass is 682 g/mol. The molecule has 49 heavy (non-hydrogen) atoms. The molecule has 0 saturated carbocycles. The van der Waals surface area contributed by atoms with Gasteiger partial charge in [0.05, 0.1) is 19.9 Å². The molecular formula is C37H34N2O9S. The fourth-order valence-electron chi connectivity index (χ4n) is 5.59. The number of alkyl carbamates (subject to hydrolysis) is 1. The van der Waals surface area contributed by atoms with E-state index in [0.717, 1.165) is 4.90 Å². The molecule has 1 aliphatic rings. The Bertz CT molecular complexity index is 1870. The van der Waals surface area contributed by atoms with Gasteiger partial charge in [-0.25, -0.2) is 9.69 Å². The highest BCUT2D eigenvalue weighted by molar-refractivity contribution is 8.13. The zero-order chi connectivity index (χ0) is 35.2. The SMILES string of the molecule is COc1ccc(COC(=O)C(C)(C(=O)Sc2ccc(OC)cc2)C2(NC(=O)OCc3ccccc3)C(=O)N(C(C)=O)c3ccccc32)cc1. The average molecular weight is 683 g/mol. The lowest BCUT2D eigenvalue weighted by Gasteiger charge is -2.41. The highest BCUT2D eigenvalue weighted by Crippen LogP contribution is 2.53. The lowest BCUT2D eigenvalue weighted by atomic mass is 9.67. The van der Waals surface area contributed by atoms with Crippen LogP contribution in [0.1, 0.15) is 30.5 Å². The minimum atomic E-state index is -2.48. The topological polar surface area (TPSA) is 138 Å². The van der Waals surface area contributed by atoms with Crippen molar-refractivity contribution >= 4 is 46.4 Å². The number of amides is 3. The Kier molecular flexibility index (Phi) is 10.4. The van der Waals surface area contributed by atoms with Crippen LogP contribution in [0.25, 0.3) is 0 Å². The van der Waals surface area contributed by atoms with Crippen LogP contribution >= 0.6 is 11.8 Å². The summed E-state index contributed by atoms with van der Waals surface area (Å²) < 4.78 is 21.7. The Labute approximate surface area is 287 Å². The summed E-state index contributed by atoms with van der Waals surface area (Å²) >= 11 is 0.674. The van der Waals surface area contributed by atoms with Gasteiger partial charge < -0.3 is 24.3 Å². The second kappa shape index (κ2) is 14.7. The van der Waals surface area contributed by atoms with Crippen molar-refractivity contribution in [1.29, 1.82) is 0 Å². The van der Waals surface area contributed by atoms with E-state index in [1.807, 2.05) is 0 Å². The van der Waals surface area contributed by atoms with Crippen LogP contribution in [-0.2, 0) is 47.4 Å². The van der Waals surface area contributed by atoms with Crippen molar-refractivity contribution in [3.8, 4) is 11.5 Å². The number of hydrogen-bond acceptors (Lipinski definition) is 10. The normalized spacial score (nSPS) is 16.2. The molecular weight excluding hydrogens is 648 g/mol. The van der Waals surface area contributed by atoms with Crippen LogP contribution in [0.5, 0.6) is 11.5 Å². The minimum absolute atomic E-state index is 0.0411. The predicted octanol–water partition coefficient (Wildman–Crippen LogP) is 5.79. The van der Waals surface area contributed by atoms with Gasteiger partial charge in [0.15, 0.2) is 11.0 Å². The number of para-hydroxylation sites is 1. The summed E-state index contributed by atoms with van der Waals surface area (Å²) in [6, 6.07) is 28.2. The van der Waals surface area contributed by atoms with E-state index in [9.17, 15) is 24.0 Å². The maximum Gasteiger partial charge on any atom is 0.408 e. The Morgan fingerprint density at radius 2 is 1.31 bits per heavy atom. The molecule has 0 radical (unpaired) electrons. The number of nitrogens with zero attached hydrogens (tertiary/aromatic N) is 1. The van der Waals surface area contributed by atoms with Gasteiger partial charge in [0.2, 0.25) is 11.0 Å². The smallest absolute Gasteiger partial charge is 0.408 e. The number of ether oxygens (including phenoxy) is 4. The zero-order valence-corrected chi connectivity index (χ0v) is 28.1. The summed E-state index contributed by atoms with van der Waals surface area (Å²) in [5.74, 6) is -1.71. The third-order valence-electron chi connectivity index (χ3n) is 8.26. The number of hydrogen-bond donors (Lipinski definition) is 1. The van der Waals surface area contributed by atoms with Gasteiger partial charge in [0, 0.05) is 17.4 Å². The molecule has 0 fully saturated rings. The number of imide groups is 1. The van der Waals surface area contributed by atoms with Crippen LogP contribution < -0.4 is 19.7 Å². The molecule has 4 aromatic carbocycles. The van der Waals surface area contributed by atoms with Crippen molar-refractivity contribution in [3.63, 3.8) is 0 Å². The number of methoxy groups -OCH3 is 2. The quantitative estimate of drug-likeness (QED) is 0.118. The van der Waals surface area contributed by atoms with E-state index < -0.39 is 39.9 Å². The Morgan fingerprint density at radius 3 is 1.92 bits per heavy atom. The molecule has 3 amide bonds. The number of anilines is 1. The van der Waals surface area contributed by atoms with E-state index in [2.05, 4.69) is 5.32 Å². The van der Waals surface area contributed by atoms with Crippen LogP contribution in [0.3, 0.4) is 0 Å². The fourth-order valence-corrected chi connectivity index (χ4v) is 6.52. The maximum absolute atomic E-state index is 14.7. The molecule has 1 N–H and O–H groups in total. The van der Waals surface area contributed by atoms with Crippen LogP contribution in [0, 0.1) is 5.41 Å². The number of thioether (sulfide) groups is 1. The Balaban J connectivity index is 1.63. The van der Waals surface area contributed by atoms with Gasteiger partial charge in [-0.2, -0.15) is 0 Å². The van der Waals surface area contributed by atoms with E-state index in [-0.39, 0.29) is 24.5 Å². The van der Waals surface area contributed by atoms with Gasteiger partial charge in [0.25, 0.3) is 5.91 Å². The summed E-state index contributed by atoms with van der Waals surface area (Å²) in [4.78, 5) is 71.9. The van der Waals surface area contributed by atoms with Crippen LogP contribution in [0.2, 0.25) is 0 Å². The first-order valence-electron chi connectivity index (χ1n) is 15.1. The number of benzene rings is 4. The van der Waals surface area contributed by atoms with E-state index in [1.54, 1.807) is 91.0 Å². The molecule has 1 heterocycles. The van der Waals surface area contributed by atoms with Crippen molar-refractivity contribution in [2.24, 2.45) is 5.41 Å². The molecule has 0 saturated heterocycles. The van der Waals surface area contributed by atoms with Crippen LogP contribution in [0.4, 0.5) is 10.5 Å². The van der Waals surface area contributed by atoms with Crippen LogP contribution in [-0.4, -0.2) is 43.2 Å². The second-order valence-corrected chi connectivity index (χ2v) is 12.3. The molecule has 0 aliphatic carbocycles. The first-order chi connectivity index (χ1) is 23.5. The average Bonchev–Trinajstić information content (AvgIpc) is 3.38. The summed E-state index contributed by atoms with van der Waals surface area (Å²) in [5, 5.41) is 1.76. The predicted molar refractivity (Wildman–Crippen MR) is 181 cm³/mol. The van der Waals surface area contributed by atoms with Crippen molar-refractivity contribution in [2.45, 2.75) is 37.5 Å². The summed E-state index contributed by atoms with van der Waals surface area (Å²) in [6.07, 6.45) is -1.10. The standard InChI is InChI=1S/C37H34N2O9S/c1-24(40)39-31-13-9-8-12-30(31)37(32(39)41,38-35(44)48-23-25-10-6-5-7-11-25)36(2,34(43)49-29-20-18-28(46-4)19-21-29)33(42)47-22-26-14-16-27(45-3)17-15-26/h5-21H,22-23H2,1-4H3,(H,38,44). The largest absolute Gasteiger partial charge is 0.497 e. The first-order valence-corrected chi connectivity index (χ1v) is 16.0. The zero-order valence-electron chi connectivity index (χ0n) is 27.3. The number of carbonyl (C=O) groups excluding carboxylic acids is 5. The number of nitrogens with one attached hydrogen (secondary N) is 1. The molecule has 11 nitrogen and oxygen atoms in total. The second-order valence-electron chi connectivity index (χ2n) is 11.2. The molecule has 252 valence electrons. The number of esters is 1. The molecule has 12 heteroatoms. The minimum Gasteiger partial charge on any atom is -0.497 e. The summed E-state index contributed by atoms with van der Waals surface area (Å²) in [7, 11) is 3.02. The molecule has 4 aromatic rings. The van der Waals surface area contributed by atoms with E-state index >= 15 is 0 Å². The maximum atomic E-state index is 14.7. The summed E-state index contributed by atoms with van der Waals surface area (Å²) in [6.45, 7) is 1.95. The third-order valence-corrected chi connectivity index (χ3v) is 9.36. The number of rotatable bonds is 11. The van der Waals surface area contributed by atoms with Crippen LogP contribution in [0.15, 0.2) is 108 Å². The van der Waals surface area contributed by atoms with Crippen molar-refractivity contribution < 1.29 is 42.9 Å². The van der Waals surface area contributed by atoms with Gasteiger partial charge in [-0.3, -0.25) is 19.2 Å². The highest BCUT2D eigenvalue weighted by Gasteiger charge is 2.70. The van der Waals surface area contributed by atoms with Gasteiger partial charge >= 0.3 is 12.1 Å². The van der Waals surface area contributed by atoms with E-state index in [4.69, 9.17) is 18.9 Å². The van der Waals surface area contributed by atoms with Gasteiger partial charge in [0.1, 0.15) is 24.7 Å². The highest BCUT2D eigenvalue weighted by atomic mass is 32.2. The molecule has 1 aliphatic heterocycles. The van der Waals surface area contributed by atoms with E-state index in [1.165, 1.54) is 40.2 Å². The fraction of sp³-hybridized carbons (Fsp3) is 0.216. The molecule has 2 unspecified atom stereocenters. The Morgan fingerprint density at radius 1 is 0.755 bits per heavy atom. The molecule has 0 bridgehead atoms. The lowest BCUT2D eigenvalue weighted by molar-refractivity contribution is -0.167. The van der Waals surface area contributed by atoms with Gasteiger partial charge in [-0.15, -0.1) is 0 Å². The molecule has 0 aromatic heterocycles. The lowest BCUT2D eigenvalue weighted by Crippen LogP contribution is -2.67. The molecule has 2 atom stereocenters. The van der Waals surface area contributed by atoms with Crippen molar-refractivity contribution in [1.82, 2.24) is 5.32 Å². The van der Waals surface area contributed by atoms with Gasteiger partial charge in [-0.05, 0) is 60.5 Å². The molecule has 5 rings (SSSR count). The van der Waals surface area contributed by atoms with Gasteiger partial charge in [-0.1, -0.05) is 72.4 Å². The van der Waals surface area contributed by atoms with Crippen molar-refractivity contribution in [3.05, 3.63) is 120 Å². The first kappa shape index (κ1) is 34.7. The number of fused-ring (bicyclic) bond motifs is 1. The molecule has 0 spiro atoms. The number of carbonyl (C=O) groups is 5. The van der Waals surface area contributed by atoms with Crippen molar-refractivity contribution in [2.75, 3.05) is 19.1 Å².